The van der Waals surface area contributed by atoms with E-state index in [-0.39, 0.29) is 5.91 Å². The fourth-order valence-electron chi connectivity index (χ4n) is 2.32. The Morgan fingerprint density at radius 3 is 2.65 bits per heavy atom. The van der Waals surface area contributed by atoms with Crippen molar-refractivity contribution in [1.29, 1.82) is 0 Å². The van der Waals surface area contributed by atoms with Crippen LogP contribution in [0, 0.1) is 6.92 Å². The fourth-order valence-corrected chi connectivity index (χ4v) is 3.03. The molecule has 0 radical (unpaired) electrons. The van der Waals surface area contributed by atoms with E-state index in [1.165, 1.54) is 15.5 Å². The molecule has 0 bridgehead atoms. The Labute approximate surface area is 147 Å². The van der Waals surface area contributed by atoms with E-state index in [4.69, 9.17) is 11.6 Å². The van der Waals surface area contributed by atoms with Gasteiger partial charge in [-0.25, -0.2) is 9.50 Å². The Morgan fingerprint density at radius 2 is 2.00 bits per heavy atom. The van der Waals surface area contributed by atoms with Crippen LogP contribution >= 0.6 is 27.5 Å². The maximum Gasteiger partial charge on any atom is 0.272 e. The molecule has 118 valence electrons. The molecule has 7 heteroatoms. The van der Waals surface area contributed by atoms with Gasteiger partial charge in [0.05, 0.1) is 5.69 Å². The number of nitrogens with zero attached hydrogens (tertiary/aromatic N) is 4. The van der Waals surface area contributed by atoms with Crippen LogP contribution in [-0.4, -0.2) is 39.5 Å². The topological polar surface area (TPSA) is 50.5 Å². The van der Waals surface area contributed by atoms with Crippen LogP contribution in [-0.2, 0) is 0 Å². The first-order valence-electron chi connectivity index (χ1n) is 6.91. The van der Waals surface area contributed by atoms with Gasteiger partial charge >= 0.3 is 0 Å². The standard InChI is InChI=1S/C16H14BrClN4O/c1-9-6-10(17)4-5-11(9)12-8-15-19-13(16(23)21(2)3)7-14(18)22(15)20-12/h4-8H,1-3H3. The second-order valence-electron chi connectivity index (χ2n) is 5.42. The first-order valence-corrected chi connectivity index (χ1v) is 8.08. The van der Waals surface area contributed by atoms with Gasteiger partial charge in [0.2, 0.25) is 0 Å². The monoisotopic (exact) mass is 392 g/mol. The third-order valence-electron chi connectivity index (χ3n) is 3.47. The molecule has 0 atom stereocenters. The van der Waals surface area contributed by atoms with Crippen molar-refractivity contribution < 1.29 is 4.79 Å². The van der Waals surface area contributed by atoms with Gasteiger partial charge < -0.3 is 4.90 Å². The summed E-state index contributed by atoms with van der Waals surface area (Å²) in [7, 11) is 3.35. The molecule has 1 aromatic carbocycles. The molecule has 0 saturated carbocycles. The second-order valence-corrected chi connectivity index (χ2v) is 6.73. The quantitative estimate of drug-likeness (QED) is 0.622. The van der Waals surface area contributed by atoms with Crippen molar-refractivity contribution in [3.8, 4) is 11.3 Å². The Morgan fingerprint density at radius 1 is 1.26 bits per heavy atom. The Hall–Kier alpha value is -1.92. The van der Waals surface area contributed by atoms with Gasteiger partial charge in [-0.2, -0.15) is 5.10 Å². The zero-order chi connectivity index (χ0) is 16.7. The summed E-state index contributed by atoms with van der Waals surface area (Å²) in [5.41, 5.74) is 3.68. The molecular weight excluding hydrogens is 380 g/mol. The van der Waals surface area contributed by atoms with Gasteiger partial charge in [0.25, 0.3) is 5.91 Å². The van der Waals surface area contributed by atoms with E-state index in [1.807, 2.05) is 31.2 Å². The van der Waals surface area contributed by atoms with Crippen LogP contribution in [0.1, 0.15) is 16.1 Å². The third kappa shape index (κ3) is 2.96. The number of rotatable bonds is 2. The van der Waals surface area contributed by atoms with Crippen LogP contribution in [0.2, 0.25) is 5.15 Å². The lowest BCUT2D eigenvalue weighted by atomic mass is 10.1. The molecule has 2 aromatic heterocycles. The Balaban J connectivity index is 2.15. The summed E-state index contributed by atoms with van der Waals surface area (Å²) in [5, 5.41) is 4.85. The lowest BCUT2D eigenvalue weighted by Crippen LogP contribution is -2.23. The molecule has 23 heavy (non-hydrogen) atoms. The number of hydrogen-bond donors (Lipinski definition) is 0. The number of carbonyl (C=O) groups is 1. The molecule has 0 N–H and O–H groups in total. The lowest BCUT2D eigenvalue weighted by Gasteiger charge is -2.09. The summed E-state index contributed by atoms with van der Waals surface area (Å²) < 4.78 is 2.54. The minimum atomic E-state index is -0.197. The van der Waals surface area contributed by atoms with Crippen LogP contribution in [0.15, 0.2) is 34.8 Å². The molecular formula is C16H14BrClN4O. The Kier molecular flexibility index (Phi) is 4.12. The zero-order valence-corrected chi connectivity index (χ0v) is 15.2. The summed E-state index contributed by atoms with van der Waals surface area (Å²) >= 11 is 9.71. The number of carbonyl (C=O) groups excluding carboxylic acids is 1. The van der Waals surface area contributed by atoms with E-state index in [0.29, 0.717) is 16.5 Å². The van der Waals surface area contributed by atoms with Crippen molar-refractivity contribution in [2.24, 2.45) is 0 Å². The molecule has 5 nitrogen and oxygen atoms in total. The van der Waals surface area contributed by atoms with Crippen LogP contribution in [0.3, 0.4) is 0 Å². The van der Waals surface area contributed by atoms with Gasteiger partial charge in [-0.15, -0.1) is 0 Å². The third-order valence-corrected chi connectivity index (χ3v) is 4.24. The van der Waals surface area contributed by atoms with E-state index < -0.39 is 0 Å². The summed E-state index contributed by atoms with van der Waals surface area (Å²) in [6.07, 6.45) is 0. The number of aromatic nitrogens is 3. The summed E-state index contributed by atoms with van der Waals surface area (Å²) in [5.74, 6) is -0.197. The minimum Gasteiger partial charge on any atom is -0.343 e. The van der Waals surface area contributed by atoms with Crippen molar-refractivity contribution in [3.63, 3.8) is 0 Å². The smallest absolute Gasteiger partial charge is 0.272 e. The molecule has 0 unspecified atom stereocenters. The first-order chi connectivity index (χ1) is 10.9. The normalized spacial score (nSPS) is 11.0. The average Bonchev–Trinajstić information content (AvgIpc) is 2.90. The highest BCUT2D eigenvalue weighted by Gasteiger charge is 2.16. The van der Waals surface area contributed by atoms with Crippen molar-refractivity contribution in [2.45, 2.75) is 6.92 Å². The van der Waals surface area contributed by atoms with Crippen LogP contribution in [0.4, 0.5) is 0 Å². The summed E-state index contributed by atoms with van der Waals surface area (Å²) in [6.45, 7) is 2.01. The maximum absolute atomic E-state index is 12.1. The largest absolute Gasteiger partial charge is 0.343 e. The van der Waals surface area contributed by atoms with Gasteiger partial charge in [-0.05, 0) is 24.6 Å². The molecule has 0 saturated heterocycles. The maximum atomic E-state index is 12.1. The van der Waals surface area contributed by atoms with Gasteiger partial charge in [-0.1, -0.05) is 33.6 Å². The lowest BCUT2D eigenvalue weighted by molar-refractivity contribution is 0.0822. The van der Waals surface area contributed by atoms with Crippen molar-refractivity contribution in [3.05, 3.63) is 51.2 Å². The van der Waals surface area contributed by atoms with E-state index >= 15 is 0 Å². The number of benzene rings is 1. The van der Waals surface area contributed by atoms with Gasteiger partial charge in [0.1, 0.15) is 10.8 Å². The number of hydrogen-bond acceptors (Lipinski definition) is 3. The van der Waals surface area contributed by atoms with Crippen molar-refractivity contribution >= 4 is 39.1 Å². The van der Waals surface area contributed by atoms with Crippen LogP contribution in [0.5, 0.6) is 0 Å². The van der Waals surface area contributed by atoms with E-state index in [2.05, 4.69) is 26.0 Å². The first kappa shape index (κ1) is 16.0. The molecule has 0 fully saturated rings. The molecule has 0 spiro atoms. The summed E-state index contributed by atoms with van der Waals surface area (Å²) in [6, 6.07) is 9.33. The van der Waals surface area contributed by atoms with Crippen LogP contribution < -0.4 is 0 Å². The highest BCUT2D eigenvalue weighted by Crippen LogP contribution is 2.27. The van der Waals surface area contributed by atoms with Gasteiger partial charge in [-0.3, -0.25) is 4.79 Å². The second kappa shape index (κ2) is 5.94. The fraction of sp³-hybridized carbons (Fsp3) is 0.188. The number of amides is 1. The molecule has 2 heterocycles. The van der Waals surface area contributed by atoms with E-state index in [1.54, 1.807) is 14.1 Å². The molecule has 0 aliphatic rings. The number of fused-ring (bicyclic) bond motifs is 1. The van der Waals surface area contributed by atoms with E-state index in [9.17, 15) is 4.79 Å². The van der Waals surface area contributed by atoms with Crippen LogP contribution in [0.25, 0.3) is 16.9 Å². The average molecular weight is 394 g/mol. The SMILES string of the molecule is Cc1cc(Br)ccc1-c1cc2nc(C(=O)N(C)C)cc(Cl)n2n1. The van der Waals surface area contributed by atoms with Crippen molar-refractivity contribution in [1.82, 2.24) is 19.5 Å². The van der Waals surface area contributed by atoms with Gasteiger partial charge in [0, 0.05) is 36.3 Å². The predicted octanol–water partition coefficient (Wildman–Crippen LogP) is 3.82. The van der Waals surface area contributed by atoms with Crippen molar-refractivity contribution in [2.75, 3.05) is 14.1 Å². The van der Waals surface area contributed by atoms with Gasteiger partial charge in [0.15, 0.2) is 5.65 Å². The minimum absolute atomic E-state index is 0.197. The summed E-state index contributed by atoms with van der Waals surface area (Å²) in [4.78, 5) is 17.9. The van der Waals surface area contributed by atoms with E-state index in [0.717, 1.165) is 21.3 Å². The highest BCUT2D eigenvalue weighted by molar-refractivity contribution is 9.10. The highest BCUT2D eigenvalue weighted by atomic mass is 79.9. The number of halogens is 2. The Bertz CT molecular complexity index is 920. The molecule has 0 aliphatic carbocycles. The number of aryl methyl sites for hydroxylation is 1. The molecule has 3 rings (SSSR count). The molecule has 0 aliphatic heterocycles. The zero-order valence-electron chi connectivity index (χ0n) is 12.8. The predicted molar refractivity (Wildman–Crippen MR) is 93.9 cm³/mol. The molecule has 3 aromatic rings. The molecule has 1 amide bonds.